The van der Waals surface area contributed by atoms with E-state index in [0.29, 0.717) is 24.8 Å². The summed E-state index contributed by atoms with van der Waals surface area (Å²) >= 11 is 0. The Morgan fingerprint density at radius 2 is 1.86 bits per heavy atom. The van der Waals surface area contributed by atoms with Gasteiger partial charge < -0.3 is 4.52 Å². The van der Waals surface area contributed by atoms with E-state index in [1.165, 1.54) is 22.5 Å². The smallest absolute Gasteiger partial charge is 0.270 e. The summed E-state index contributed by atoms with van der Waals surface area (Å²) < 4.78 is 32.5. The maximum atomic E-state index is 12.9. The minimum absolute atomic E-state index is 0.0695. The molecule has 1 saturated heterocycles. The van der Waals surface area contributed by atoms with E-state index in [0.717, 1.165) is 6.07 Å². The number of nitro benzene ring substituents is 1. The Labute approximate surface area is 169 Å². The maximum absolute atomic E-state index is 12.9. The molecule has 1 aliphatic heterocycles. The van der Waals surface area contributed by atoms with Gasteiger partial charge in [-0.05, 0) is 13.0 Å². The molecule has 2 heterocycles. The van der Waals surface area contributed by atoms with Crippen LogP contribution < -0.4 is 0 Å². The van der Waals surface area contributed by atoms with Crippen molar-refractivity contribution in [3.8, 4) is 0 Å². The number of non-ortho nitro benzene ring substituents is 1. The Morgan fingerprint density at radius 1 is 1.21 bits per heavy atom. The number of nitro groups is 1. The van der Waals surface area contributed by atoms with Gasteiger partial charge in [0.2, 0.25) is 15.9 Å². The van der Waals surface area contributed by atoms with Crippen LogP contribution in [0.25, 0.3) is 0 Å². The molecule has 1 unspecified atom stereocenters. The number of hydrogen-bond donors (Lipinski definition) is 0. The highest BCUT2D eigenvalue weighted by atomic mass is 32.2. The lowest BCUT2D eigenvalue weighted by Gasteiger charge is -2.36. The van der Waals surface area contributed by atoms with Crippen LogP contribution in [-0.4, -0.2) is 58.9 Å². The van der Waals surface area contributed by atoms with Crippen molar-refractivity contribution in [1.82, 2.24) is 19.3 Å². The summed E-state index contributed by atoms with van der Waals surface area (Å²) in [6.07, 6.45) is 0. The quantitative estimate of drug-likeness (QED) is 0.530. The van der Waals surface area contributed by atoms with Crippen molar-refractivity contribution in [3.63, 3.8) is 0 Å². The maximum Gasteiger partial charge on any atom is 0.270 e. The molecule has 2 aromatic rings. The first kappa shape index (κ1) is 21.3. The Morgan fingerprint density at radius 3 is 2.41 bits per heavy atom. The van der Waals surface area contributed by atoms with Gasteiger partial charge in [-0.25, -0.2) is 8.42 Å². The summed E-state index contributed by atoms with van der Waals surface area (Å²) in [7, 11) is -3.80. The number of hydrogen-bond acceptors (Lipinski definition) is 8. The fourth-order valence-electron chi connectivity index (χ4n) is 3.10. The summed E-state index contributed by atoms with van der Waals surface area (Å²) in [6.45, 7) is 9.48. The third-order valence-corrected chi connectivity index (χ3v) is 6.85. The third-order valence-electron chi connectivity index (χ3n) is 4.96. The van der Waals surface area contributed by atoms with Crippen LogP contribution in [0.5, 0.6) is 0 Å². The van der Waals surface area contributed by atoms with E-state index in [1.807, 2.05) is 27.7 Å². The van der Waals surface area contributed by atoms with Crippen molar-refractivity contribution in [3.05, 3.63) is 46.1 Å². The molecule has 10 nitrogen and oxygen atoms in total. The zero-order chi connectivity index (χ0) is 21.4. The Balaban J connectivity index is 1.69. The zero-order valence-corrected chi connectivity index (χ0v) is 17.7. The summed E-state index contributed by atoms with van der Waals surface area (Å²) in [5.74, 6) is 1.14. The van der Waals surface area contributed by atoms with Crippen LogP contribution in [-0.2, 0) is 15.4 Å². The second-order valence-electron chi connectivity index (χ2n) is 8.08. The van der Waals surface area contributed by atoms with Gasteiger partial charge in [0.15, 0.2) is 5.82 Å². The highest BCUT2D eigenvalue weighted by Gasteiger charge is 2.33. The molecule has 0 radical (unpaired) electrons. The molecule has 29 heavy (non-hydrogen) atoms. The van der Waals surface area contributed by atoms with Crippen molar-refractivity contribution in [2.45, 2.75) is 44.0 Å². The molecule has 0 bridgehead atoms. The molecule has 0 aliphatic carbocycles. The average Bonchev–Trinajstić information content (AvgIpc) is 3.18. The molecule has 1 atom stereocenters. The fourth-order valence-corrected chi connectivity index (χ4v) is 4.57. The molecule has 0 spiro atoms. The lowest BCUT2D eigenvalue weighted by Crippen LogP contribution is -2.49. The molecule has 11 heteroatoms. The van der Waals surface area contributed by atoms with Crippen LogP contribution in [0.1, 0.15) is 45.5 Å². The minimum Gasteiger partial charge on any atom is -0.338 e. The summed E-state index contributed by atoms with van der Waals surface area (Å²) in [6, 6.07) is 4.99. The van der Waals surface area contributed by atoms with Crippen LogP contribution in [0.2, 0.25) is 0 Å². The van der Waals surface area contributed by atoms with Gasteiger partial charge >= 0.3 is 0 Å². The molecular weight excluding hydrogens is 398 g/mol. The molecule has 0 N–H and O–H groups in total. The number of aromatic nitrogens is 2. The van der Waals surface area contributed by atoms with Crippen LogP contribution in [0, 0.1) is 10.1 Å². The Hall–Kier alpha value is -2.37. The Bertz CT molecular complexity index is 990. The van der Waals surface area contributed by atoms with Crippen molar-refractivity contribution < 1.29 is 17.9 Å². The summed E-state index contributed by atoms with van der Waals surface area (Å²) in [5, 5.41) is 15.0. The first-order chi connectivity index (χ1) is 13.5. The largest absolute Gasteiger partial charge is 0.338 e. The fraction of sp³-hybridized carbons (Fsp3) is 0.556. The van der Waals surface area contributed by atoms with Crippen LogP contribution in [0.15, 0.2) is 33.7 Å². The third kappa shape index (κ3) is 4.46. The molecule has 1 aliphatic rings. The zero-order valence-electron chi connectivity index (χ0n) is 16.9. The highest BCUT2D eigenvalue weighted by molar-refractivity contribution is 7.89. The van der Waals surface area contributed by atoms with Gasteiger partial charge in [-0.3, -0.25) is 15.0 Å². The molecule has 0 saturated carbocycles. The van der Waals surface area contributed by atoms with Crippen LogP contribution in [0.4, 0.5) is 5.69 Å². The van der Waals surface area contributed by atoms with Crippen LogP contribution >= 0.6 is 0 Å². The first-order valence-corrected chi connectivity index (χ1v) is 10.8. The summed E-state index contributed by atoms with van der Waals surface area (Å²) in [4.78, 5) is 16.8. The van der Waals surface area contributed by atoms with E-state index in [9.17, 15) is 18.5 Å². The second kappa shape index (κ2) is 7.81. The first-order valence-electron chi connectivity index (χ1n) is 9.33. The number of rotatable bonds is 5. The van der Waals surface area contributed by atoms with E-state index in [-0.39, 0.29) is 35.1 Å². The highest BCUT2D eigenvalue weighted by Crippen LogP contribution is 2.26. The van der Waals surface area contributed by atoms with Gasteiger partial charge in [-0.1, -0.05) is 32.0 Å². The van der Waals surface area contributed by atoms with Gasteiger partial charge in [0, 0.05) is 43.7 Å². The molecule has 3 rings (SSSR count). The molecular formula is C18H25N5O5S. The lowest BCUT2D eigenvalue weighted by molar-refractivity contribution is -0.385. The van der Waals surface area contributed by atoms with E-state index < -0.39 is 14.9 Å². The van der Waals surface area contributed by atoms with Crippen LogP contribution in [0.3, 0.4) is 0 Å². The number of sulfonamides is 1. The average molecular weight is 423 g/mol. The van der Waals surface area contributed by atoms with Gasteiger partial charge in [-0.15, -0.1) is 0 Å². The van der Waals surface area contributed by atoms with E-state index >= 15 is 0 Å². The SMILES string of the molecule is CC(c1nc(C(C)(C)C)no1)N1CCN(S(=O)(=O)c2cccc([N+](=O)[O-])c2)CC1. The normalized spacial score (nSPS) is 17.9. The van der Waals surface area contributed by atoms with Crippen molar-refractivity contribution in [1.29, 1.82) is 0 Å². The standard InChI is InChI=1S/C18H25N5O5S/c1-13(16-19-17(20-28-16)18(2,3)4)21-8-10-22(11-9-21)29(26,27)15-7-5-6-14(12-15)23(24)25/h5-7,12-13H,8-11H2,1-4H3. The van der Waals surface area contributed by atoms with Gasteiger partial charge in [-0.2, -0.15) is 9.29 Å². The number of piperazine rings is 1. The van der Waals surface area contributed by atoms with Crippen molar-refractivity contribution >= 4 is 15.7 Å². The van der Waals surface area contributed by atoms with Gasteiger partial charge in [0.05, 0.1) is 15.9 Å². The predicted octanol–water partition coefficient (Wildman–Crippen LogP) is 2.34. The predicted molar refractivity (Wildman–Crippen MR) is 105 cm³/mol. The lowest BCUT2D eigenvalue weighted by atomic mass is 9.96. The molecule has 1 fully saturated rings. The van der Waals surface area contributed by atoms with E-state index in [2.05, 4.69) is 15.0 Å². The minimum atomic E-state index is -3.80. The molecule has 1 aromatic heterocycles. The molecule has 0 amide bonds. The summed E-state index contributed by atoms with van der Waals surface area (Å²) in [5.41, 5.74) is -0.462. The monoisotopic (exact) mass is 423 g/mol. The number of benzene rings is 1. The second-order valence-corrected chi connectivity index (χ2v) is 10.0. The van der Waals surface area contributed by atoms with E-state index in [4.69, 9.17) is 4.52 Å². The topological polar surface area (TPSA) is 123 Å². The Kier molecular flexibility index (Phi) is 5.74. The molecule has 1 aromatic carbocycles. The van der Waals surface area contributed by atoms with Gasteiger partial charge in [0.1, 0.15) is 0 Å². The number of nitrogens with zero attached hydrogens (tertiary/aromatic N) is 5. The van der Waals surface area contributed by atoms with Crippen molar-refractivity contribution in [2.24, 2.45) is 0 Å². The van der Waals surface area contributed by atoms with Crippen molar-refractivity contribution in [2.75, 3.05) is 26.2 Å². The van der Waals surface area contributed by atoms with Gasteiger partial charge in [0.25, 0.3) is 5.69 Å². The molecule has 158 valence electrons. The van der Waals surface area contributed by atoms with E-state index in [1.54, 1.807) is 0 Å².